The zero-order valence-corrected chi connectivity index (χ0v) is 15.5. The van der Waals surface area contributed by atoms with Crippen LogP contribution in [0.15, 0.2) is 24.3 Å². The molecule has 26 heavy (non-hydrogen) atoms. The number of ether oxygens (including phenoxy) is 1. The monoisotopic (exact) mass is 364 g/mol. The van der Waals surface area contributed by atoms with Crippen LogP contribution in [0.5, 0.6) is 5.75 Å². The quantitative estimate of drug-likeness (QED) is 0.512. The van der Waals surface area contributed by atoms with Crippen molar-refractivity contribution in [3.8, 4) is 5.75 Å². The van der Waals surface area contributed by atoms with E-state index < -0.39 is 18.6 Å². The van der Waals surface area contributed by atoms with E-state index >= 15 is 0 Å². The summed E-state index contributed by atoms with van der Waals surface area (Å²) in [6.45, 7) is 0.546. The number of benzene rings is 1. The third-order valence-electron chi connectivity index (χ3n) is 5.52. The Hall–Kier alpha value is -1.77. The molecule has 0 aliphatic heterocycles. The molecule has 0 heterocycles. The average molecular weight is 364 g/mol. The number of nitrogens with two attached hydrogens (primary N) is 1. The lowest BCUT2D eigenvalue weighted by Crippen LogP contribution is -2.59. The van der Waals surface area contributed by atoms with Gasteiger partial charge in [-0.3, -0.25) is 4.79 Å². The van der Waals surface area contributed by atoms with Gasteiger partial charge in [0.1, 0.15) is 11.3 Å². The van der Waals surface area contributed by atoms with Gasteiger partial charge in [0.2, 0.25) is 0 Å². The molecule has 1 fully saturated rings. The van der Waals surface area contributed by atoms with Crippen LogP contribution in [-0.4, -0.2) is 54.5 Å². The Kier molecular flexibility index (Phi) is 6.91. The van der Waals surface area contributed by atoms with Crippen molar-refractivity contribution in [2.24, 2.45) is 17.6 Å². The fraction of sp³-hybridized carbons (Fsp3) is 0.611. The highest BCUT2D eigenvalue weighted by molar-refractivity contribution is 6.40. The second kappa shape index (κ2) is 8.75. The van der Waals surface area contributed by atoms with Gasteiger partial charge in [0.15, 0.2) is 0 Å². The lowest BCUT2D eigenvalue weighted by atomic mass is 9.66. The summed E-state index contributed by atoms with van der Waals surface area (Å²) in [6.07, 6.45) is 2.73. The second-order valence-electron chi connectivity index (χ2n) is 7.33. The van der Waals surface area contributed by atoms with Gasteiger partial charge in [0.25, 0.3) is 0 Å². The summed E-state index contributed by atoms with van der Waals surface area (Å²) in [5, 5.41) is 27.9. The molecular formula is C18H29BN2O5. The van der Waals surface area contributed by atoms with Gasteiger partial charge in [-0.15, -0.1) is 0 Å². The number of aliphatic carboxylic acids is 1. The summed E-state index contributed by atoms with van der Waals surface area (Å²) < 4.78 is 5.16. The van der Waals surface area contributed by atoms with E-state index in [1.807, 2.05) is 36.2 Å². The van der Waals surface area contributed by atoms with Gasteiger partial charge >= 0.3 is 13.1 Å². The molecule has 1 saturated carbocycles. The first-order valence-electron chi connectivity index (χ1n) is 9.00. The molecule has 144 valence electrons. The number of carboxylic acids is 1. The summed E-state index contributed by atoms with van der Waals surface area (Å²) in [5.41, 5.74) is 6.02. The lowest BCUT2D eigenvalue weighted by molar-refractivity contribution is -0.147. The number of nitrogens with zero attached hydrogens (tertiary/aromatic N) is 1. The summed E-state index contributed by atoms with van der Waals surface area (Å²) in [5.74, 6) is -0.296. The normalized spacial score (nSPS) is 25.6. The van der Waals surface area contributed by atoms with E-state index in [9.17, 15) is 9.90 Å². The van der Waals surface area contributed by atoms with Crippen LogP contribution in [0.3, 0.4) is 0 Å². The first-order valence-corrected chi connectivity index (χ1v) is 9.00. The minimum atomic E-state index is -1.36. The number of hydrogen-bond acceptors (Lipinski definition) is 6. The number of carbonyl (C=O) groups is 1. The Morgan fingerprint density at radius 3 is 2.54 bits per heavy atom. The molecule has 2 rings (SSSR count). The Morgan fingerprint density at radius 1 is 1.35 bits per heavy atom. The average Bonchev–Trinajstić information content (AvgIpc) is 2.61. The molecule has 8 heteroatoms. The molecule has 0 amide bonds. The Labute approximate surface area is 154 Å². The number of carboxylic acid groups (broad SMARTS) is 1. The summed E-state index contributed by atoms with van der Waals surface area (Å²) >= 11 is 0. The lowest BCUT2D eigenvalue weighted by Gasteiger charge is -2.43. The highest BCUT2D eigenvalue weighted by Crippen LogP contribution is 2.39. The van der Waals surface area contributed by atoms with Crippen LogP contribution in [0.1, 0.15) is 25.7 Å². The van der Waals surface area contributed by atoms with Crippen molar-refractivity contribution in [1.82, 2.24) is 0 Å². The number of methoxy groups -OCH3 is 1. The van der Waals surface area contributed by atoms with Crippen molar-refractivity contribution < 1.29 is 24.7 Å². The van der Waals surface area contributed by atoms with E-state index in [1.54, 1.807) is 7.11 Å². The fourth-order valence-electron chi connectivity index (χ4n) is 3.86. The van der Waals surface area contributed by atoms with Gasteiger partial charge in [-0.05, 0) is 55.8 Å². The first kappa shape index (κ1) is 20.5. The highest BCUT2D eigenvalue weighted by Gasteiger charge is 2.47. The zero-order chi connectivity index (χ0) is 19.3. The van der Waals surface area contributed by atoms with Gasteiger partial charge in [-0.2, -0.15) is 0 Å². The maximum absolute atomic E-state index is 11.9. The second-order valence-corrected chi connectivity index (χ2v) is 7.33. The third kappa shape index (κ3) is 4.90. The molecule has 1 aliphatic carbocycles. The minimum absolute atomic E-state index is 0.0976. The van der Waals surface area contributed by atoms with E-state index in [4.69, 9.17) is 20.5 Å². The first-order chi connectivity index (χ1) is 12.3. The van der Waals surface area contributed by atoms with Crippen LogP contribution < -0.4 is 15.4 Å². The summed E-state index contributed by atoms with van der Waals surface area (Å²) in [6, 6.07) is 7.61. The van der Waals surface area contributed by atoms with Crippen molar-refractivity contribution in [3.05, 3.63) is 24.3 Å². The largest absolute Gasteiger partial charge is 0.497 e. The van der Waals surface area contributed by atoms with Crippen LogP contribution in [0.25, 0.3) is 0 Å². The molecule has 0 bridgehead atoms. The molecule has 7 nitrogen and oxygen atoms in total. The zero-order valence-electron chi connectivity index (χ0n) is 15.5. The molecule has 0 spiro atoms. The third-order valence-corrected chi connectivity index (χ3v) is 5.52. The number of anilines is 1. The molecule has 1 aliphatic rings. The van der Waals surface area contributed by atoms with E-state index in [0.717, 1.165) is 17.9 Å². The molecular weight excluding hydrogens is 335 g/mol. The predicted octanol–water partition coefficient (Wildman–Crippen LogP) is 1.19. The molecule has 0 aromatic heterocycles. The number of rotatable bonds is 8. The minimum Gasteiger partial charge on any atom is -0.497 e. The summed E-state index contributed by atoms with van der Waals surface area (Å²) in [7, 11) is 2.19. The fourth-order valence-corrected chi connectivity index (χ4v) is 3.86. The molecule has 3 atom stereocenters. The smallest absolute Gasteiger partial charge is 0.451 e. The Balaban J connectivity index is 2.05. The molecule has 1 aromatic carbocycles. The molecule has 1 unspecified atom stereocenters. The predicted molar refractivity (Wildman–Crippen MR) is 101 cm³/mol. The van der Waals surface area contributed by atoms with Crippen LogP contribution in [0, 0.1) is 11.8 Å². The van der Waals surface area contributed by atoms with Crippen LogP contribution in [-0.2, 0) is 4.79 Å². The van der Waals surface area contributed by atoms with Crippen molar-refractivity contribution in [3.63, 3.8) is 0 Å². The maximum Gasteiger partial charge on any atom is 0.451 e. The number of hydrogen-bond donors (Lipinski definition) is 4. The van der Waals surface area contributed by atoms with Crippen molar-refractivity contribution >= 4 is 18.8 Å². The summed E-state index contributed by atoms with van der Waals surface area (Å²) in [4.78, 5) is 13.9. The van der Waals surface area contributed by atoms with Gasteiger partial charge < -0.3 is 30.5 Å². The molecule has 5 N–H and O–H groups in total. The van der Waals surface area contributed by atoms with Gasteiger partial charge in [0.05, 0.1) is 7.11 Å². The van der Waals surface area contributed by atoms with Crippen LogP contribution in [0.2, 0.25) is 6.32 Å². The molecule has 1 aromatic rings. The SMILES string of the molecule is COc1ccc(N(C)CC2CC[C@@H](CCB(O)O)C[C@]2(N)C(=O)O)cc1. The Morgan fingerprint density at radius 2 is 2.00 bits per heavy atom. The van der Waals surface area contributed by atoms with Gasteiger partial charge in [-0.1, -0.05) is 6.42 Å². The topological polar surface area (TPSA) is 116 Å². The van der Waals surface area contributed by atoms with Gasteiger partial charge in [0, 0.05) is 25.2 Å². The van der Waals surface area contributed by atoms with E-state index in [1.165, 1.54) is 0 Å². The van der Waals surface area contributed by atoms with Crippen LogP contribution in [0.4, 0.5) is 5.69 Å². The molecule has 0 saturated heterocycles. The van der Waals surface area contributed by atoms with Gasteiger partial charge in [-0.25, -0.2) is 0 Å². The van der Waals surface area contributed by atoms with Crippen LogP contribution >= 0.6 is 0 Å². The van der Waals surface area contributed by atoms with E-state index in [2.05, 4.69) is 0 Å². The molecule has 0 radical (unpaired) electrons. The Bertz CT molecular complexity index is 598. The standard InChI is InChI=1S/C18H29BN2O5/c1-21(15-5-7-16(26-2)8-6-15)12-14-4-3-13(9-10-19(24)25)11-18(14,20)17(22)23/h5-8,13-14,24-25H,3-4,9-12,20H2,1-2H3,(H,22,23)/t13-,14?,18+/m0/s1. The van der Waals surface area contributed by atoms with Crippen molar-refractivity contribution in [2.45, 2.75) is 37.5 Å². The van der Waals surface area contributed by atoms with Crippen molar-refractivity contribution in [1.29, 1.82) is 0 Å². The highest BCUT2D eigenvalue weighted by atomic mass is 16.5. The van der Waals surface area contributed by atoms with E-state index in [-0.39, 0.29) is 18.2 Å². The maximum atomic E-state index is 11.9. The van der Waals surface area contributed by atoms with Crippen molar-refractivity contribution in [2.75, 3.05) is 25.6 Å². The van der Waals surface area contributed by atoms with E-state index in [0.29, 0.717) is 25.8 Å².